The van der Waals surface area contributed by atoms with Crippen LogP contribution in [0.25, 0.3) is 0 Å². The average Bonchev–Trinajstić information content (AvgIpc) is 2.38. The summed E-state index contributed by atoms with van der Waals surface area (Å²) in [4.78, 5) is 11.1. The van der Waals surface area contributed by atoms with Gasteiger partial charge in [-0.2, -0.15) is 0 Å². The molecule has 0 aromatic heterocycles. The SMILES string of the molecule is CNCC(O)c1cc(Br)c(C=O)c2c1OCCO2. The Morgan fingerprint density at radius 1 is 1.50 bits per heavy atom. The number of halogens is 1. The van der Waals surface area contributed by atoms with Crippen LogP contribution in [0.2, 0.25) is 0 Å². The third-order valence-electron chi connectivity index (χ3n) is 2.70. The Kier molecular flexibility index (Phi) is 4.21. The second-order valence-corrected chi connectivity index (χ2v) is 4.76. The Morgan fingerprint density at radius 3 is 2.78 bits per heavy atom. The van der Waals surface area contributed by atoms with E-state index < -0.39 is 6.10 Å². The molecule has 0 aliphatic carbocycles. The Balaban J connectivity index is 2.53. The minimum Gasteiger partial charge on any atom is -0.486 e. The van der Waals surface area contributed by atoms with Gasteiger partial charge in [-0.3, -0.25) is 4.79 Å². The summed E-state index contributed by atoms with van der Waals surface area (Å²) in [6.07, 6.45) is -0.00584. The number of ether oxygens (including phenoxy) is 2. The first-order valence-electron chi connectivity index (χ1n) is 5.58. The van der Waals surface area contributed by atoms with Crippen molar-refractivity contribution >= 4 is 22.2 Å². The summed E-state index contributed by atoms with van der Waals surface area (Å²) in [5, 5.41) is 12.9. The van der Waals surface area contributed by atoms with Gasteiger partial charge in [-0.15, -0.1) is 0 Å². The predicted octanol–water partition coefficient (Wildman–Crippen LogP) is 1.29. The van der Waals surface area contributed by atoms with Crippen molar-refractivity contribution in [3.63, 3.8) is 0 Å². The zero-order valence-electron chi connectivity index (χ0n) is 9.90. The van der Waals surface area contributed by atoms with Crippen molar-refractivity contribution in [2.45, 2.75) is 6.10 Å². The molecule has 0 bridgehead atoms. The van der Waals surface area contributed by atoms with E-state index in [2.05, 4.69) is 21.2 Å². The number of likely N-dealkylation sites (N-methyl/N-ethyl adjacent to an activating group) is 1. The summed E-state index contributed by atoms with van der Waals surface area (Å²) in [6, 6.07) is 1.69. The molecular weight excluding hydrogens is 302 g/mol. The van der Waals surface area contributed by atoms with Crippen LogP contribution in [0.1, 0.15) is 22.0 Å². The first-order chi connectivity index (χ1) is 8.69. The molecule has 98 valence electrons. The van der Waals surface area contributed by atoms with E-state index in [1.807, 2.05) is 0 Å². The second kappa shape index (κ2) is 5.69. The molecule has 5 nitrogen and oxygen atoms in total. The molecule has 6 heteroatoms. The molecule has 1 aliphatic rings. The van der Waals surface area contributed by atoms with Crippen molar-refractivity contribution in [3.8, 4) is 11.5 Å². The third kappa shape index (κ3) is 2.36. The highest BCUT2D eigenvalue weighted by molar-refractivity contribution is 9.10. The van der Waals surface area contributed by atoms with Crippen molar-refractivity contribution in [3.05, 3.63) is 21.7 Å². The molecule has 0 fully saturated rings. The van der Waals surface area contributed by atoms with Gasteiger partial charge in [0.05, 0.1) is 11.7 Å². The highest BCUT2D eigenvalue weighted by Crippen LogP contribution is 2.42. The molecule has 0 saturated heterocycles. The molecule has 1 aliphatic heterocycles. The zero-order valence-corrected chi connectivity index (χ0v) is 11.5. The molecule has 0 amide bonds. The van der Waals surface area contributed by atoms with Crippen LogP contribution < -0.4 is 14.8 Å². The summed E-state index contributed by atoms with van der Waals surface area (Å²) in [6.45, 7) is 1.20. The molecule has 2 rings (SSSR count). The number of aliphatic hydroxyl groups is 1. The largest absolute Gasteiger partial charge is 0.486 e. The summed E-state index contributed by atoms with van der Waals surface area (Å²) < 4.78 is 11.6. The van der Waals surface area contributed by atoms with E-state index in [4.69, 9.17) is 9.47 Å². The van der Waals surface area contributed by atoms with Crippen LogP contribution in [0.3, 0.4) is 0 Å². The van der Waals surface area contributed by atoms with E-state index in [9.17, 15) is 9.90 Å². The fraction of sp³-hybridized carbons (Fsp3) is 0.417. The minimum absolute atomic E-state index is 0.392. The fourth-order valence-corrected chi connectivity index (χ4v) is 2.40. The lowest BCUT2D eigenvalue weighted by Gasteiger charge is -2.25. The first-order valence-corrected chi connectivity index (χ1v) is 6.38. The Hall–Kier alpha value is -1.11. The third-order valence-corrected chi connectivity index (χ3v) is 3.36. The summed E-state index contributed by atoms with van der Waals surface area (Å²) in [7, 11) is 1.75. The van der Waals surface area contributed by atoms with Crippen LogP contribution in [-0.2, 0) is 0 Å². The summed E-state index contributed by atoms with van der Waals surface area (Å²) in [5.74, 6) is 0.852. The summed E-state index contributed by atoms with van der Waals surface area (Å²) in [5.41, 5.74) is 1.02. The molecule has 2 N–H and O–H groups in total. The quantitative estimate of drug-likeness (QED) is 0.819. The predicted molar refractivity (Wildman–Crippen MR) is 69.4 cm³/mol. The Labute approximate surface area is 113 Å². The maximum Gasteiger partial charge on any atom is 0.173 e. The normalized spacial score (nSPS) is 15.3. The van der Waals surface area contributed by atoms with Crippen LogP contribution in [0.4, 0.5) is 0 Å². The number of carbonyl (C=O) groups excluding carboxylic acids is 1. The van der Waals surface area contributed by atoms with Gasteiger partial charge in [-0.05, 0) is 29.0 Å². The molecule has 0 saturated carbocycles. The van der Waals surface area contributed by atoms with Gasteiger partial charge < -0.3 is 19.9 Å². The number of aliphatic hydroxyl groups excluding tert-OH is 1. The number of hydrogen-bond acceptors (Lipinski definition) is 5. The van der Waals surface area contributed by atoms with Gasteiger partial charge in [-0.1, -0.05) is 0 Å². The number of fused-ring (bicyclic) bond motifs is 1. The van der Waals surface area contributed by atoms with Crippen molar-refractivity contribution in [2.75, 3.05) is 26.8 Å². The van der Waals surface area contributed by atoms with E-state index >= 15 is 0 Å². The number of aldehydes is 1. The molecule has 18 heavy (non-hydrogen) atoms. The van der Waals surface area contributed by atoms with Crippen molar-refractivity contribution in [1.82, 2.24) is 5.32 Å². The number of nitrogens with one attached hydrogen (secondary N) is 1. The molecule has 1 unspecified atom stereocenters. The van der Waals surface area contributed by atoms with E-state index in [-0.39, 0.29) is 0 Å². The van der Waals surface area contributed by atoms with Crippen LogP contribution in [0.15, 0.2) is 10.5 Å². The van der Waals surface area contributed by atoms with Gasteiger partial charge in [0.15, 0.2) is 17.8 Å². The maximum atomic E-state index is 11.1. The number of carbonyl (C=O) groups is 1. The van der Waals surface area contributed by atoms with E-state index in [0.717, 1.165) is 0 Å². The lowest BCUT2D eigenvalue weighted by molar-refractivity contribution is 0.110. The molecule has 1 heterocycles. The monoisotopic (exact) mass is 315 g/mol. The van der Waals surface area contributed by atoms with Crippen LogP contribution in [0.5, 0.6) is 11.5 Å². The van der Waals surface area contributed by atoms with Crippen molar-refractivity contribution in [1.29, 1.82) is 0 Å². The van der Waals surface area contributed by atoms with Crippen LogP contribution >= 0.6 is 15.9 Å². The standard InChI is InChI=1S/C12H14BrNO4/c1-14-5-10(16)7-4-9(13)8(6-15)12-11(7)17-2-3-18-12/h4,6,10,14,16H,2-3,5H2,1H3. The Bertz CT molecular complexity index is 464. The lowest BCUT2D eigenvalue weighted by Crippen LogP contribution is -2.22. The lowest BCUT2D eigenvalue weighted by atomic mass is 10.0. The van der Waals surface area contributed by atoms with Gasteiger partial charge in [0.1, 0.15) is 13.2 Å². The van der Waals surface area contributed by atoms with Crippen molar-refractivity contribution < 1.29 is 19.4 Å². The van der Waals surface area contributed by atoms with Crippen LogP contribution in [-0.4, -0.2) is 38.2 Å². The first kappa shape index (κ1) is 13.3. The molecule has 1 atom stereocenters. The Morgan fingerprint density at radius 2 is 2.17 bits per heavy atom. The smallest absolute Gasteiger partial charge is 0.173 e. The minimum atomic E-state index is -0.720. The number of rotatable bonds is 4. The molecule has 1 aromatic rings. The molecule has 0 spiro atoms. The highest BCUT2D eigenvalue weighted by Gasteiger charge is 2.25. The van der Waals surface area contributed by atoms with E-state index in [1.54, 1.807) is 13.1 Å². The van der Waals surface area contributed by atoms with Gasteiger partial charge in [0.25, 0.3) is 0 Å². The van der Waals surface area contributed by atoms with E-state index in [0.29, 0.717) is 53.1 Å². The van der Waals surface area contributed by atoms with Crippen LogP contribution in [0, 0.1) is 0 Å². The zero-order chi connectivity index (χ0) is 13.1. The highest BCUT2D eigenvalue weighted by atomic mass is 79.9. The van der Waals surface area contributed by atoms with Gasteiger partial charge in [0, 0.05) is 16.6 Å². The molecule has 1 aromatic carbocycles. The topological polar surface area (TPSA) is 67.8 Å². The number of hydrogen-bond donors (Lipinski definition) is 2. The van der Waals surface area contributed by atoms with E-state index in [1.165, 1.54) is 0 Å². The second-order valence-electron chi connectivity index (χ2n) is 3.91. The van der Waals surface area contributed by atoms with Gasteiger partial charge in [0.2, 0.25) is 0 Å². The molecule has 0 radical (unpaired) electrons. The summed E-state index contributed by atoms with van der Waals surface area (Å²) >= 11 is 3.31. The maximum absolute atomic E-state index is 11.1. The number of benzene rings is 1. The van der Waals surface area contributed by atoms with Gasteiger partial charge in [-0.25, -0.2) is 0 Å². The fourth-order valence-electron chi connectivity index (χ4n) is 1.88. The van der Waals surface area contributed by atoms with Crippen molar-refractivity contribution in [2.24, 2.45) is 0 Å². The molecular formula is C12H14BrNO4. The average molecular weight is 316 g/mol. The van der Waals surface area contributed by atoms with Gasteiger partial charge >= 0.3 is 0 Å².